The minimum atomic E-state index is 0.211. The van der Waals surface area contributed by atoms with Gasteiger partial charge in [0.1, 0.15) is 0 Å². The van der Waals surface area contributed by atoms with Crippen molar-refractivity contribution in [1.82, 2.24) is 20.4 Å². The fraction of sp³-hybridized carbons (Fsp3) is 0.938. The standard InChI is InChI=1S/C16H30N4O/c1-19-14-3-4-15(19)10-13(9-14)11-18-16(21)12-20-7-2-5-17-6-8-20/h13-15,17H,2-12H2,1H3,(H,18,21). The van der Waals surface area contributed by atoms with E-state index in [2.05, 4.69) is 27.5 Å². The van der Waals surface area contributed by atoms with E-state index < -0.39 is 0 Å². The largest absolute Gasteiger partial charge is 0.355 e. The first-order valence-electron chi connectivity index (χ1n) is 8.64. The van der Waals surface area contributed by atoms with Gasteiger partial charge in [0.15, 0.2) is 0 Å². The number of carbonyl (C=O) groups is 1. The number of carbonyl (C=O) groups excluding carboxylic acids is 1. The molecule has 5 heteroatoms. The molecule has 0 aromatic carbocycles. The van der Waals surface area contributed by atoms with Gasteiger partial charge >= 0.3 is 0 Å². The molecule has 2 unspecified atom stereocenters. The van der Waals surface area contributed by atoms with Crippen molar-refractivity contribution in [2.75, 3.05) is 46.3 Å². The van der Waals surface area contributed by atoms with Crippen molar-refractivity contribution < 1.29 is 4.79 Å². The van der Waals surface area contributed by atoms with Crippen molar-refractivity contribution in [3.63, 3.8) is 0 Å². The first kappa shape index (κ1) is 15.3. The van der Waals surface area contributed by atoms with E-state index in [1.165, 1.54) is 25.7 Å². The van der Waals surface area contributed by atoms with Crippen molar-refractivity contribution in [3.05, 3.63) is 0 Å². The molecule has 0 spiro atoms. The van der Waals surface area contributed by atoms with Crippen molar-refractivity contribution >= 4 is 5.91 Å². The molecule has 5 nitrogen and oxygen atoms in total. The van der Waals surface area contributed by atoms with Crippen molar-refractivity contribution in [1.29, 1.82) is 0 Å². The second-order valence-corrected chi connectivity index (χ2v) is 7.07. The summed E-state index contributed by atoms with van der Waals surface area (Å²) in [6.45, 7) is 5.57. The van der Waals surface area contributed by atoms with Gasteiger partial charge in [-0.15, -0.1) is 0 Å². The highest BCUT2D eigenvalue weighted by atomic mass is 16.2. The maximum absolute atomic E-state index is 12.1. The van der Waals surface area contributed by atoms with Crippen LogP contribution in [0.2, 0.25) is 0 Å². The van der Waals surface area contributed by atoms with E-state index in [4.69, 9.17) is 0 Å². The van der Waals surface area contributed by atoms with Gasteiger partial charge in [0, 0.05) is 31.7 Å². The number of nitrogens with one attached hydrogen (secondary N) is 2. The van der Waals surface area contributed by atoms with Gasteiger partial charge in [0.25, 0.3) is 0 Å². The second kappa shape index (κ2) is 7.07. The molecule has 120 valence electrons. The maximum Gasteiger partial charge on any atom is 0.234 e. The number of fused-ring (bicyclic) bond motifs is 2. The van der Waals surface area contributed by atoms with Gasteiger partial charge in [-0.1, -0.05) is 0 Å². The topological polar surface area (TPSA) is 47.6 Å². The predicted molar refractivity (Wildman–Crippen MR) is 84.2 cm³/mol. The highest BCUT2D eigenvalue weighted by molar-refractivity contribution is 5.78. The van der Waals surface area contributed by atoms with E-state index in [1.807, 2.05) is 0 Å². The Balaban J connectivity index is 1.38. The lowest BCUT2D eigenvalue weighted by Gasteiger charge is -2.36. The highest BCUT2D eigenvalue weighted by Gasteiger charge is 2.38. The van der Waals surface area contributed by atoms with Crippen LogP contribution in [-0.4, -0.2) is 74.1 Å². The summed E-state index contributed by atoms with van der Waals surface area (Å²) in [5.41, 5.74) is 0. The molecule has 3 heterocycles. The maximum atomic E-state index is 12.1. The van der Waals surface area contributed by atoms with E-state index in [-0.39, 0.29) is 5.91 Å². The molecule has 3 aliphatic heterocycles. The molecule has 2 atom stereocenters. The molecular formula is C16H30N4O. The molecule has 3 fully saturated rings. The molecule has 0 aromatic rings. The zero-order valence-electron chi connectivity index (χ0n) is 13.3. The molecule has 2 N–H and O–H groups in total. The monoisotopic (exact) mass is 294 g/mol. The number of amides is 1. The number of piperidine rings is 1. The molecule has 21 heavy (non-hydrogen) atoms. The van der Waals surface area contributed by atoms with Crippen LogP contribution in [0.4, 0.5) is 0 Å². The minimum absolute atomic E-state index is 0.211. The van der Waals surface area contributed by atoms with Crippen LogP contribution in [0.15, 0.2) is 0 Å². The zero-order chi connectivity index (χ0) is 14.7. The van der Waals surface area contributed by atoms with Crippen LogP contribution in [0.25, 0.3) is 0 Å². The smallest absolute Gasteiger partial charge is 0.234 e. The van der Waals surface area contributed by atoms with Crippen molar-refractivity contribution in [2.45, 2.75) is 44.2 Å². The summed E-state index contributed by atoms with van der Waals surface area (Å²) >= 11 is 0. The van der Waals surface area contributed by atoms with Gasteiger partial charge in [-0.3, -0.25) is 9.69 Å². The quantitative estimate of drug-likeness (QED) is 0.781. The molecule has 3 saturated heterocycles. The van der Waals surface area contributed by atoms with Crippen LogP contribution in [0.1, 0.15) is 32.1 Å². The third-order valence-electron chi connectivity index (χ3n) is 5.58. The van der Waals surface area contributed by atoms with E-state index in [9.17, 15) is 4.79 Å². The number of hydrogen-bond donors (Lipinski definition) is 2. The van der Waals surface area contributed by atoms with Crippen LogP contribution < -0.4 is 10.6 Å². The lowest BCUT2D eigenvalue weighted by atomic mass is 9.91. The summed E-state index contributed by atoms with van der Waals surface area (Å²) in [7, 11) is 2.27. The number of hydrogen-bond acceptors (Lipinski definition) is 4. The Morgan fingerprint density at radius 1 is 1.19 bits per heavy atom. The van der Waals surface area contributed by atoms with Gasteiger partial charge in [0.05, 0.1) is 6.54 Å². The molecular weight excluding hydrogens is 264 g/mol. The fourth-order valence-corrected chi connectivity index (χ4v) is 4.27. The summed E-state index contributed by atoms with van der Waals surface area (Å²) in [4.78, 5) is 17.0. The number of nitrogens with zero attached hydrogens (tertiary/aromatic N) is 2. The molecule has 3 aliphatic rings. The number of rotatable bonds is 4. The zero-order valence-corrected chi connectivity index (χ0v) is 13.3. The Kier molecular flexibility index (Phi) is 5.14. The van der Waals surface area contributed by atoms with Gasteiger partial charge < -0.3 is 15.5 Å². The molecule has 0 saturated carbocycles. The molecule has 1 amide bonds. The normalized spacial score (nSPS) is 34.6. The van der Waals surface area contributed by atoms with E-state index in [1.54, 1.807) is 0 Å². The average Bonchev–Trinajstić information content (AvgIpc) is 2.72. The molecule has 3 rings (SSSR count). The summed E-state index contributed by atoms with van der Waals surface area (Å²) in [5.74, 6) is 0.900. The highest BCUT2D eigenvalue weighted by Crippen LogP contribution is 2.36. The Hall–Kier alpha value is -0.650. The lowest BCUT2D eigenvalue weighted by Crippen LogP contribution is -2.45. The Morgan fingerprint density at radius 3 is 2.71 bits per heavy atom. The second-order valence-electron chi connectivity index (χ2n) is 7.07. The fourth-order valence-electron chi connectivity index (χ4n) is 4.27. The van der Waals surface area contributed by atoms with Crippen LogP contribution in [0, 0.1) is 5.92 Å². The van der Waals surface area contributed by atoms with Gasteiger partial charge in [0.2, 0.25) is 5.91 Å². The molecule has 2 bridgehead atoms. The average molecular weight is 294 g/mol. The molecule has 0 radical (unpaired) electrons. The summed E-state index contributed by atoms with van der Waals surface area (Å²) < 4.78 is 0. The first-order valence-corrected chi connectivity index (χ1v) is 8.64. The molecule has 0 aromatic heterocycles. The predicted octanol–water partition coefficient (Wildman–Crippen LogP) is 0.271. The van der Waals surface area contributed by atoms with Crippen LogP contribution in [-0.2, 0) is 4.79 Å². The SMILES string of the molecule is CN1C2CCC1CC(CNC(=O)CN1CCCNCC1)C2. The third kappa shape index (κ3) is 3.96. The van der Waals surface area contributed by atoms with E-state index >= 15 is 0 Å². The van der Waals surface area contributed by atoms with E-state index in [0.29, 0.717) is 12.5 Å². The Labute approximate surface area is 128 Å². The van der Waals surface area contributed by atoms with Crippen LogP contribution in [0.3, 0.4) is 0 Å². The summed E-state index contributed by atoms with van der Waals surface area (Å²) in [6, 6.07) is 1.53. The van der Waals surface area contributed by atoms with Gasteiger partial charge in [-0.05, 0) is 58.2 Å². The Morgan fingerprint density at radius 2 is 1.95 bits per heavy atom. The van der Waals surface area contributed by atoms with Crippen LogP contribution >= 0.6 is 0 Å². The third-order valence-corrected chi connectivity index (χ3v) is 5.58. The van der Waals surface area contributed by atoms with Gasteiger partial charge in [-0.25, -0.2) is 0 Å². The molecule has 0 aliphatic carbocycles. The van der Waals surface area contributed by atoms with Gasteiger partial charge in [-0.2, -0.15) is 0 Å². The van der Waals surface area contributed by atoms with Crippen molar-refractivity contribution in [3.8, 4) is 0 Å². The Bertz CT molecular complexity index is 340. The summed E-state index contributed by atoms with van der Waals surface area (Å²) in [6.07, 6.45) is 6.38. The van der Waals surface area contributed by atoms with Crippen LogP contribution in [0.5, 0.6) is 0 Å². The minimum Gasteiger partial charge on any atom is -0.355 e. The van der Waals surface area contributed by atoms with E-state index in [0.717, 1.165) is 51.2 Å². The summed E-state index contributed by atoms with van der Waals surface area (Å²) in [5, 5.41) is 6.56. The lowest BCUT2D eigenvalue weighted by molar-refractivity contribution is -0.122. The van der Waals surface area contributed by atoms with Crippen molar-refractivity contribution in [2.24, 2.45) is 5.92 Å². The first-order chi connectivity index (χ1) is 10.2.